The topological polar surface area (TPSA) is 61.8 Å². The SMILES string of the molecule is COCCN(C)CCNC(C(=O)O)c1ccccc1. The quantitative estimate of drug-likeness (QED) is 0.697. The first kappa shape index (κ1) is 15.6. The van der Waals surface area contributed by atoms with Crippen molar-refractivity contribution >= 4 is 5.97 Å². The van der Waals surface area contributed by atoms with Crippen molar-refractivity contribution in [3.63, 3.8) is 0 Å². The molecular weight excluding hydrogens is 244 g/mol. The Labute approximate surface area is 114 Å². The highest BCUT2D eigenvalue weighted by molar-refractivity contribution is 5.75. The van der Waals surface area contributed by atoms with Gasteiger partial charge >= 0.3 is 5.97 Å². The fourth-order valence-electron chi connectivity index (χ4n) is 1.75. The zero-order valence-electron chi connectivity index (χ0n) is 11.5. The van der Waals surface area contributed by atoms with Crippen LogP contribution in [0, 0.1) is 0 Å². The van der Waals surface area contributed by atoms with Gasteiger partial charge in [-0.15, -0.1) is 0 Å². The number of hydrogen-bond acceptors (Lipinski definition) is 4. The summed E-state index contributed by atoms with van der Waals surface area (Å²) < 4.78 is 4.99. The second kappa shape index (κ2) is 8.63. The summed E-state index contributed by atoms with van der Waals surface area (Å²) in [5.41, 5.74) is 0.773. The molecule has 1 aromatic carbocycles. The van der Waals surface area contributed by atoms with Gasteiger partial charge in [0.15, 0.2) is 0 Å². The summed E-state index contributed by atoms with van der Waals surface area (Å²) in [6.45, 7) is 2.91. The Morgan fingerprint density at radius 2 is 2.05 bits per heavy atom. The zero-order chi connectivity index (χ0) is 14.1. The van der Waals surface area contributed by atoms with Gasteiger partial charge in [-0.05, 0) is 12.6 Å². The molecule has 0 heterocycles. The number of carbonyl (C=O) groups is 1. The van der Waals surface area contributed by atoms with Crippen LogP contribution in [0.4, 0.5) is 0 Å². The van der Waals surface area contributed by atoms with E-state index >= 15 is 0 Å². The molecule has 19 heavy (non-hydrogen) atoms. The molecule has 2 N–H and O–H groups in total. The molecule has 1 aromatic rings. The molecule has 0 saturated heterocycles. The van der Waals surface area contributed by atoms with E-state index in [4.69, 9.17) is 4.74 Å². The van der Waals surface area contributed by atoms with Crippen LogP contribution >= 0.6 is 0 Å². The van der Waals surface area contributed by atoms with E-state index in [1.165, 1.54) is 0 Å². The smallest absolute Gasteiger partial charge is 0.325 e. The Morgan fingerprint density at radius 3 is 2.63 bits per heavy atom. The number of carboxylic acid groups (broad SMARTS) is 1. The summed E-state index contributed by atoms with van der Waals surface area (Å²) >= 11 is 0. The minimum absolute atomic E-state index is 0.617. The maximum absolute atomic E-state index is 11.3. The Balaban J connectivity index is 2.41. The first-order valence-corrected chi connectivity index (χ1v) is 6.33. The molecule has 0 aromatic heterocycles. The van der Waals surface area contributed by atoms with Crippen molar-refractivity contribution in [1.29, 1.82) is 0 Å². The van der Waals surface area contributed by atoms with E-state index in [0.717, 1.165) is 18.7 Å². The van der Waals surface area contributed by atoms with E-state index in [9.17, 15) is 9.90 Å². The summed E-state index contributed by atoms with van der Waals surface area (Å²) in [5.74, 6) is -0.856. The number of benzene rings is 1. The van der Waals surface area contributed by atoms with Gasteiger partial charge in [0.05, 0.1) is 6.61 Å². The third-order valence-electron chi connectivity index (χ3n) is 2.90. The predicted molar refractivity (Wildman–Crippen MR) is 74.2 cm³/mol. The summed E-state index contributed by atoms with van der Waals surface area (Å²) in [7, 11) is 3.65. The number of rotatable bonds is 9. The third kappa shape index (κ3) is 5.83. The molecule has 0 fully saturated rings. The highest BCUT2D eigenvalue weighted by Gasteiger charge is 2.18. The summed E-state index contributed by atoms with van der Waals surface area (Å²) in [6, 6.07) is 8.55. The lowest BCUT2D eigenvalue weighted by atomic mass is 10.1. The molecule has 0 spiro atoms. The van der Waals surface area contributed by atoms with Gasteiger partial charge in [-0.1, -0.05) is 30.3 Å². The van der Waals surface area contributed by atoms with Crippen LogP contribution in [-0.4, -0.2) is 56.4 Å². The van der Waals surface area contributed by atoms with Crippen molar-refractivity contribution in [3.05, 3.63) is 35.9 Å². The standard InChI is InChI=1S/C14H22N2O3/c1-16(10-11-19-2)9-8-15-13(14(17)18)12-6-4-3-5-7-12/h3-7,13,15H,8-11H2,1-2H3,(H,17,18). The summed E-state index contributed by atoms with van der Waals surface area (Å²) in [5, 5.41) is 12.3. The van der Waals surface area contributed by atoms with E-state index in [1.807, 2.05) is 37.4 Å². The normalized spacial score (nSPS) is 12.6. The van der Waals surface area contributed by atoms with Gasteiger partial charge in [0.25, 0.3) is 0 Å². The molecule has 1 rings (SSSR count). The fraction of sp³-hybridized carbons (Fsp3) is 0.500. The number of hydrogen-bond donors (Lipinski definition) is 2. The molecule has 0 radical (unpaired) electrons. The van der Waals surface area contributed by atoms with Crippen molar-refractivity contribution in [2.75, 3.05) is 40.4 Å². The van der Waals surface area contributed by atoms with Crippen molar-refractivity contribution in [2.45, 2.75) is 6.04 Å². The first-order chi connectivity index (χ1) is 9.15. The largest absolute Gasteiger partial charge is 0.480 e. The van der Waals surface area contributed by atoms with Crippen LogP contribution in [0.3, 0.4) is 0 Å². The molecule has 0 bridgehead atoms. The Hall–Kier alpha value is -1.43. The molecule has 0 amide bonds. The molecule has 1 atom stereocenters. The highest BCUT2D eigenvalue weighted by atomic mass is 16.5. The maximum atomic E-state index is 11.3. The van der Waals surface area contributed by atoms with Crippen LogP contribution in [0.2, 0.25) is 0 Å². The average Bonchev–Trinajstić information content (AvgIpc) is 2.42. The van der Waals surface area contributed by atoms with E-state index in [0.29, 0.717) is 13.2 Å². The van der Waals surface area contributed by atoms with E-state index in [1.54, 1.807) is 7.11 Å². The lowest BCUT2D eigenvalue weighted by Crippen LogP contribution is -2.36. The molecular formula is C14H22N2O3. The Kier molecular flexibility index (Phi) is 7.10. The number of ether oxygens (including phenoxy) is 1. The Bertz CT molecular complexity index is 370. The molecule has 0 aliphatic heterocycles. The van der Waals surface area contributed by atoms with E-state index in [-0.39, 0.29) is 0 Å². The number of methoxy groups -OCH3 is 1. The van der Waals surface area contributed by atoms with Crippen molar-refractivity contribution in [3.8, 4) is 0 Å². The number of nitrogens with zero attached hydrogens (tertiary/aromatic N) is 1. The third-order valence-corrected chi connectivity index (χ3v) is 2.90. The maximum Gasteiger partial charge on any atom is 0.325 e. The lowest BCUT2D eigenvalue weighted by molar-refractivity contribution is -0.139. The molecule has 106 valence electrons. The summed E-state index contributed by atoms with van der Waals surface area (Å²) in [4.78, 5) is 13.3. The zero-order valence-corrected chi connectivity index (χ0v) is 11.5. The number of carboxylic acids is 1. The summed E-state index contributed by atoms with van der Waals surface area (Å²) in [6.07, 6.45) is 0. The van der Waals surface area contributed by atoms with Crippen LogP contribution in [0.15, 0.2) is 30.3 Å². The van der Waals surface area contributed by atoms with Crippen LogP contribution < -0.4 is 5.32 Å². The van der Waals surface area contributed by atoms with Crippen LogP contribution in [0.5, 0.6) is 0 Å². The number of nitrogens with one attached hydrogen (secondary N) is 1. The highest BCUT2D eigenvalue weighted by Crippen LogP contribution is 2.12. The molecule has 5 nitrogen and oxygen atoms in total. The number of likely N-dealkylation sites (N-methyl/N-ethyl adjacent to an activating group) is 1. The molecule has 5 heteroatoms. The van der Waals surface area contributed by atoms with E-state index < -0.39 is 12.0 Å². The van der Waals surface area contributed by atoms with Gasteiger partial charge < -0.3 is 14.7 Å². The Morgan fingerprint density at radius 1 is 1.37 bits per heavy atom. The predicted octanol–water partition coefficient (Wildman–Crippen LogP) is 0.980. The molecule has 0 saturated carbocycles. The van der Waals surface area contributed by atoms with Gasteiger partial charge in [-0.25, -0.2) is 0 Å². The van der Waals surface area contributed by atoms with Gasteiger partial charge in [-0.3, -0.25) is 10.1 Å². The monoisotopic (exact) mass is 266 g/mol. The van der Waals surface area contributed by atoms with Crippen LogP contribution in [0.1, 0.15) is 11.6 Å². The van der Waals surface area contributed by atoms with Crippen LogP contribution in [0.25, 0.3) is 0 Å². The molecule has 0 aliphatic rings. The molecule has 1 unspecified atom stereocenters. The van der Waals surface area contributed by atoms with Crippen LogP contribution in [-0.2, 0) is 9.53 Å². The molecule has 0 aliphatic carbocycles. The van der Waals surface area contributed by atoms with Crippen molar-refractivity contribution < 1.29 is 14.6 Å². The lowest BCUT2D eigenvalue weighted by Gasteiger charge is -2.19. The fourth-order valence-corrected chi connectivity index (χ4v) is 1.75. The van der Waals surface area contributed by atoms with Crippen molar-refractivity contribution in [1.82, 2.24) is 10.2 Å². The number of aliphatic carboxylic acids is 1. The van der Waals surface area contributed by atoms with Gasteiger partial charge in [0.2, 0.25) is 0 Å². The second-order valence-corrected chi connectivity index (χ2v) is 4.43. The van der Waals surface area contributed by atoms with Gasteiger partial charge in [0.1, 0.15) is 6.04 Å². The minimum atomic E-state index is -0.856. The van der Waals surface area contributed by atoms with Gasteiger partial charge in [0, 0.05) is 26.7 Å². The second-order valence-electron chi connectivity index (χ2n) is 4.43. The first-order valence-electron chi connectivity index (χ1n) is 6.33. The van der Waals surface area contributed by atoms with Gasteiger partial charge in [-0.2, -0.15) is 0 Å². The average molecular weight is 266 g/mol. The minimum Gasteiger partial charge on any atom is -0.480 e. The van der Waals surface area contributed by atoms with Crippen molar-refractivity contribution in [2.24, 2.45) is 0 Å². The van der Waals surface area contributed by atoms with E-state index in [2.05, 4.69) is 10.2 Å².